The first-order valence-electron chi connectivity index (χ1n) is 6.53. The third-order valence-corrected chi connectivity index (χ3v) is 5.35. The highest BCUT2D eigenvalue weighted by Gasteiger charge is 2.32. The lowest BCUT2D eigenvalue weighted by Gasteiger charge is -2.33. The Morgan fingerprint density at radius 2 is 1.67 bits per heavy atom. The molecule has 0 bridgehead atoms. The lowest BCUT2D eigenvalue weighted by Crippen LogP contribution is -2.45. The third kappa shape index (κ3) is 5.02. The summed E-state index contributed by atoms with van der Waals surface area (Å²) in [5.41, 5.74) is 5.12. The lowest BCUT2D eigenvalue weighted by atomic mass is 9.82. The summed E-state index contributed by atoms with van der Waals surface area (Å²) in [6, 6.07) is 2.78. The first kappa shape index (κ1) is 18.6. The number of sulfonamides is 1. The van der Waals surface area contributed by atoms with Gasteiger partial charge in [0.25, 0.3) is 0 Å². The van der Waals surface area contributed by atoms with Crippen LogP contribution in [0.1, 0.15) is 41.0 Å². The van der Waals surface area contributed by atoms with Gasteiger partial charge in [0, 0.05) is 5.54 Å². The quantitative estimate of drug-likeness (QED) is 0.802. The van der Waals surface area contributed by atoms with Crippen LogP contribution in [-0.2, 0) is 10.0 Å². The number of hydrogen-bond donors (Lipinski definition) is 2. The number of halogens is 2. The number of hydrogen-bond acceptors (Lipinski definition) is 3. The Bertz CT molecular complexity index is 635. The van der Waals surface area contributed by atoms with Gasteiger partial charge in [-0.15, -0.1) is 0 Å². The average Bonchev–Trinajstić information content (AvgIpc) is 2.20. The first-order chi connectivity index (χ1) is 9.25. The zero-order valence-corrected chi connectivity index (χ0v) is 15.2. The van der Waals surface area contributed by atoms with Gasteiger partial charge < -0.3 is 5.73 Å². The van der Waals surface area contributed by atoms with Gasteiger partial charge in [0.15, 0.2) is 0 Å². The Morgan fingerprint density at radius 3 is 2.14 bits per heavy atom. The minimum atomic E-state index is -3.78. The SMILES string of the molecule is CC(C)(C)CC(C)(C)NS(=O)(=O)c1ccc(Cl)c(N)c1Cl. The van der Waals surface area contributed by atoms with Crippen LogP contribution in [0.5, 0.6) is 0 Å². The van der Waals surface area contributed by atoms with Crippen molar-refractivity contribution in [3.8, 4) is 0 Å². The van der Waals surface area contributed by atoms with Crippen molar-refractivity contribution < 1.29 is 8.42 Å². The molecule has 0 aliphatic heterocycles. The van der Waals surface area contributed by atoms with E-state index in [1.54, 1.807) is 0 Å². The second-order valence-corrected chi connectivity index (χ2v) is 9.44. The van der Waals surface area contributed by atoms with E-state index in [1.807, 2.05) is 13.8 Å². The Hall–Kier alpha value is -0.490. The highest BCUT2D eigenvalue weighted by molar-refractivity contribution is 7.89. The van der Waals surface area contributed by atoms with Crippen LogP contribution in [0.25, 0.3) is 0 Å². The van der Waals surface area contributed by atoms with E-state index < -0.39 is 15.6 Å². The minimum absolute atomic E-state index is 0.0190. The molecule has 120 valence electrons. The van der Waals surface area contributed by atoms with Crippen molar-refractivity contribution in [2.45, 2.75) is 51.5 Å². The van der Waals surface area contributed by atoms with Crippen molar-refractivity contribution in [2.75, 3.05) is 5.73 Å². The number of nitrogens with two attached hydrogens (primary N) is 1. The van der Waals surface area contributed by atoms with Gasteiger partial charge in [-0.2, -0.15) is 0 Å². The van der Waals surface area contributed by atoms with E-state index in [9.17, 15) is 8.42 Å². The zero-order chi connectivity index (χ0) is 16.6. The van der Waals surface area contributed by atoms with Gasteiger partial charge in [0.1, 0.15) is 4.90 Å². The second-order valence-electron chi connectivity index (χ2n) is 7.00. The molecule has 0 saturated heterocycles. The molecule has 4 nitrogen and oxygen atoms in total. The molecule has 3 N–H and O–H groups in total. The van der Waals surface area contributed by atoms with E-state index >= 15 is 0 Å². The van der Waals surface area contributed by atoms with Gasteiger partial charge in [-0.3, -0.25) is 0 Å². The average molecular weight is 353 g/mol. The zero-order valence-electron chi connectivity index (χ0n) is 12.9. The molecule has 21 heavy (non-hydrogen) atoms. The van der Waals surface area contributed by atoms with E-state index in [-0.39, 0.29) is 26.0 Å². The van der Waals surface area contributed by atoms with E-state index in [2.05, 4.69) is 25.5 Å². The fourth-order valence-electron chi connectivity index (χ4n) is 2.54. The van der Waals surface area contributed by atoms with E-state index in [0.29, 0.717) is 6.42 Å². The molecule has 0 heterocycles. The molecular formula is C14H22Cl2N2O2S. The van der Waals surface area contributed by atoms with Crippen LogP contribution < -0.4 is 10.5 Å². The van der Waals surface area contributed by atoms with Crippen molar-refractivity contribution >= 4 is 38.9 Å². The highest BCUT2D eigenvalue weighted by atomic mass is 35.5. The molecule has 0 saturated carbocycles. The van der Waals surface area contributed by atoms with Crippen molar-refractivity contribution in [1.29, 1.82) is 0 Å². The van der Waals surface area contributed by atoms with Crippen LogP contribution in [0.2, 0.25) is 10.0 Å². The molecule has 0 spiro atoms. The summed E-state index contributed by atoms with van der Waals surface area (Å²) in [4.78, 5) is -0.0620. The normalized spacial score (nSPS) is 13.5. The van der Waals surface area contributed by atoms with Gasteiger partial charge in [0.05, 0.1) is 15.7 Å². The smallest absolute Gasteiger partial charge is 0.242 e. The molecule has 0 aromatic heterocycles. The van der Waals surface area contributed by atoms with Crippen LogP contribution in [0, 0.1) is 5.41 Å². The molecule has 0 unspecified atom stereocenters. The van der Waals surface area contributed by atoms with E-state index in [4.69, 9.17) is 28.9 Å². The molecule has 0 atom stereocenters. The van der Waals surface area contributed by atoms with Gasteiger partial charge in [-0.25, -0.2) is 13.1 Å². The van der Waals surface area contributed by atoms with Crippen LogP contribution in [0.4, 0.5) is 5.69 Å². The minimum Gasteiger partial charge on any atom is -0.396 e. The monoisotopic (exact) mass is 352 g/mol. The Kier molecular flexibility index (Phi) is 5.26. The highest BCUT2D eigenvalue weighted by Crippen LogP contribution is 2.34. The van der Waals surface area contributed by atoms with Crippen molar-refractivity contribution in [1.82, 2.24) is 4.72 Å². The maximum atomic E-state index is 12.5. The number of nitrogen functional groups attached to an aromatic ring is 1. The number of benzene rings is 1. The summed E-state index contributed by atoms with van der Waals surface area (Å²) in [6.07, 6.45) is 0.667. The summed E-state index contributed by atoms with van der Waals surface area (Å²) >= 11 is 11.8. The predicted molar refractivity (Wildman–Crippen MR) is 89.3 cm³/mol. The number of rotatable bonds is 4. The molecule has 1 rings (SSSR count). The van der Waals surface area contributed by atoms with Gasteiger partial charge in [-0.1, -0.05) is 44.0 Å². The molecule has 0 aliphatic carbocycles. The third-order valence-electron chi connectivity index (χ3n) is 2.76. The summed E-state index contributed by atoms with van der Waals surface area (Å²) in [5, 5.41) is 0.175. The molecule has 7 heteroatoms. The van der Waals surface area contributed by atoms with Crippen molar-refractivity contribution in [2.24, 2.45) is 5.41 Å². The number of nitrogens with one attached hydrogen (secondary N) is 1. The lowest BCUT2D eigenvalue weighted by molar-refractivity contribution is 0.269. The summed E-state index contributed by atoms with van der Waals surface area (Å²) in [6.45, 7) is 9.83. The largest absolute Gasteiger partial charge is 0.396 e. The first-order valence-corrected chi connectivity index (χ1v) is 8.77. The Balaban J connectivity index is 3.16. The maximum absolute atomic E-state index is 12.5. The Morgan fingerprint density at radius 1 is 1.14 bits per heavy atom. The molecule has 0 radical (unpaired) electrons. The van der Waals surface area contributed by atoms with E-state index in [1.165, 1.54) is 12.1 Å². The van der Waals surface area contributed by atoms with Crippen molar-refractivity contribution in [3.63, 3.8) is 0 Å². The summed E-state index contributed by atoms with van der Waals surface area (Å²) < 4.78 is 27.7. The topological polar surface area (TPSA) is 72.2 Å². The fourth-order valence-corrected chi connectivity index (χ4v) is 4.72. The molecular weight excluding hydrogens is 331 g/mol. The second kappa shape index (κ2) is 5.95. The molecule has 1 aromatic rings. The van der Waals surface area contributed by atoms with E-state index in [0.717, 1.165) is 0 Å². The molecule has 1 aromatic carbocycles. The van der Waals surface area contributed by atoms with Gasteiger partial charge in [0.2, 0.25) is 10.0 Å². The fraction of sp³-hybridized carbons (Fsp3) is 0.571. The van der Waals surface area contributed by atoms with Gasteiger partial charge >= 0.3 is 0 Å². The van der Waals surface area contributed by atoms with Gasteiger partial charge in [-0.05, 0) is 37.8 Å². The summed E-state index contributed by atoms with van der Waals surface area (Å²) in [7, 11) is -3.78. The predicted octanol–water partition coefficient (Wildman–Crippen LogP) is 4.07. The standard InChI is InChI=1S/C14H22Cl2N2O2S/c1-13(2,3)8-14(4,5)18-21(19,20)10-7-6-9(15)12(17)11(10)16/h6-7,18H,8,17H2,1-5H3. The van der Waals surface area contributed by atoms with Crippen LogP contribution in [0.15, 0.2) is 17.0 Å². The maximum Gasteiger partial charge on any atom is 0.242 e. The summed E-state index contributed by atoms with van der Waals surface area (Å²) in [5.74, 6) is 0. The Labute approximate surface area is 137 Å². The molecule has 0 amide bonds. The molecule has 0 aliphatic rings. The van der Waals surface area contributed by atoms with Crippen molar-refractivity contribution in [3.05, 3.63) is 22.2 Å². The van der Waals surface area contributed by atoms with Crippen LogP contribution >= 0.6 is 23.2 Å². The van der Waals surface area contributed by atoms with Crippen LogP contribution in [0.3, 0.4) is 0 Å². The van der Waals surface area contributed by atoms with Crippen LogP contribution in [-0.4, -0.2) is 14.0 Å². The molecule has 0 fully saturated rings. The number of anilines is 1.